The van der Waals surface area contributed by atoms with Gasteiger partial charge in [-0.15, -0.1) is 11.3 Å². The summed E-state index contributed by atoms with van der Waals surface area (Å²) in [6.07, 6.45) is 0.669. The molecule has 10 heteroatoms. The van der Waals surface area contributed by atoms with Gasteiger partial charge >= 0.3 is 0 Å². The maximum Gasteiger partial charge on any atom is 0.300 e. The molecule has 0 aliphatic rings. The van der Waals surface area contributed by atoms with Gasteiger partial charge < -0.3 is 4.90 Å². The molecule has 0 aromatic carbocycles. The maximum absolute atomic E-state index is 12.0. The van der Waals surface area contributed by atoms with Crippen LogP contribution in [0.3, 0.4) is 0 Å². The summed E-state index contributed by atoms with van der Waals surface area (Å²) < 4.78 is 26.2. The van der Waals surface area contributed by atoms with Gasteiger partial charge in [0.05, 0.1) is 4.92 Å². The van der Waals surface area contributed by atoms with Gasteiger partial charge in [0.2, 0.25) is 10.0 Å². The average molecular weight is 356 g/mol. The molecule has 120 valence electrons. The van der Waals surface area contributed by atoms with Crippen LogP contribution >= 0.6 is 22.9 Å². The lowest BCUT2D eigenvalue weighted by atomic mass is 10.4. The van der Waals surface area contributed by atoms with E-state index in [1.165, 1.54) is 0 Å². The number of nitrogens with one attached hydrogen (secondary N) is 1. The SMILES string of the molecule is CCN(CC)CCCNS(=O)(=O)c1cc([N+](=O)[O-])c(Cl)s1. The van der Waals surface area contributed by atoms with Crippen LogP contribution in [0, 0.1) is 10.1 Å². The molecule has 0 amide bonds. The Kier molecular flexibility index (Phi) is 7.01. The van der Waals surface area contributed by atoms with E-state index >= 15 is 0 Å². The molecule has 1 N–H and O–H groups in total. The number of rotatable bonds is 9. The number of sulfonamides is 1. The summed E-state index contributed by atoms with van der Waals surface area (Å²) in [7, 11) is -3.75. The minimum Gasteiger partial charge on any atom is -0.304 e. The predicted molar refractivity (Wildman–Crippen MR) is 83.6 cm³/mol. The standard InChI is InChI=1S/C11H18ClN3O4S2/c1-3-14(4-2)7-5-6-13-21(18,19)10-8-9(15(16)17)11(12)20-10/h8,13H,3-7H2,1-2H3. The lowest BCUT2D eigenvalue weighted by molar-refractivity contribution is -0.384. The zero-order valence-corrected chi connectivity index (χ0v) is 14.2. The number of hydrogen-bond acceptors (Lipinski definition) is 6. The first-order chi connectivity index (χ1) is 9.81. The maximum atomic E-state index is 12.0. The number of halogens is 1. The van der Waals surface area contributed by atoms with E-state index in [0.29, 0.717) is 17.8 Å². The molecule has 1 aromatic rings. The summed E-state index contributed by atoms with van der Waals surface area (Å²) in [5.74, 6) is 0. The van der Waals surface area contributed by atoms with Crippen molar-refractivity contribution in [3.63, 3.8) is 0 Å². The molecule has 0 saturated carbocycles. The zero-order valence-electron chi connectivity index (χ0n) is 11.8. The van der Waals surface area contributed by atoms with Crippen LogP contribution in [-0.2, 0) is 10.0 Å². The molecule has 0 bridgehead atoms. The van der Waals surface area contributed by atoms with E-state index < -0.39 is 14.9 Å². The second-order valence-electron chi connectivity index (χ2n) is 4.26. The van der Waals surface area contributed by atoms with Gasteiger partial charge in [-0.05, 0) is 26.1 Å². The van der Waals surface area contributed by atoms with Crippen molar-refractivity contribution >= 4 is 38.6 Å². The van der Waals surface area contributed by atoms with E-state index in [-0.39, 0.29) is 20.8 Å². The first-order valence-electron chi connectivity index (χ1n) is 6.47. The number of nitro groups is 1. The molecule has 0 aliphatic carbocycles. The number of nitrogens with zero attached hydrogens (tertiary/aromatic N) is 2. The molecule has 1 aromatic heterocycles. The minimum atomic E-state index is -3.75. The molecule has 0 atom stereocenters. The molecule has 1 rings (SSSR count). The van der Waals surface area contributed by atoms with Gasteiger partial charge in [0, 0.05) is 12.6 Å². The van der Waals surface area contributed by atoms with Crippen molar-refractivity contribution in [2.45, 2.75) is 24.5 Å². The quantitative estimate of drug-likeness (QED) is 0.417. The second-order valence-corrected chi connectivity index (χ2v) is 7.91. The van der Waals surface area contributed by atoms with Gasteiger partial charge in [-0.3, -0.25) is 10.1 Å². The highest BCUT2D eigenvalue weighted by Crippen LogP contribution is 2.35. The highest BCUT2D eigenvalue weighted by molar-refractivity contribution is 7.91. The fourth-order valence-corrected chi connectivity index (χ4v) is 4.50. The van der Waals surface area contributed by atoms with Crippen molar-refractivity contribution in [1.82, 2.24) is 9.62 Å². The Morgan fingerprint density at radius 1 is 1.43 bits per heavy atom. The van der Waals surface area contributed by atoms with E-state index in [9.17, 15) is 18.5 Å². The zero-order chi connectivity index (χ0) is 16.0. The highest BCUT2D eigenvalue weighted by Gasteiger charge is 2.24. The molecular formula is C11H18ClN3O4S2. The van der Waals surface area contributed by atoms with Crippen LogP contribution in [0.5, 0.6) is 0 Å². The van der Waals surface area contributed by atoms with Crippen molar-refractivity contribution in [1.29, 1.82) is 0 Å². The van der Waals surface area contributed by atoms with Crippen molar-refractivity contribution in [3.05, 3.63) is 20.5 Å². The summed E-state index contributed by atoms with van der Waals surface area (Å²) >= 11 is 6.35. The van der Waals surface area contributed by atoms with Crippen molar-refractivity contribution in [3.8, 4) is 0 Å². The molecule has 0 saturated heterocycles. The number of hydrogen-bond donors (Lipinski definition) is 1. The van der Waals surface area contributed by atoms with E-state index in [1.54, 1.807) is 0 Å². The molecule has 0 aliphatic heterocycles. The molecular weight excluding hydrogens is 338 g/mol. The molecule has 0 radical (unpaired) electrons. The van der Waals surface area contributed by atoms with E-state index in [2.05, 4.69) is 9.62 Å². The van der Waals surface area contributed by atoms with Crippen LogP contribution in [0.15, 0.2) is 10.3 Å². The van der Waals surface area contributed by atoms with Crippen LogP contribution in [-0.4, -0.2) is 44.4 Å². The molecule has 0 fully saturated rings. The summed E-state index contributed by atoms with van der Waals surface area (Å²) in [5, 5.41) is 10.7. The topological polar surface area (TPSA) is 92.6 Å². The van der Waals surface area contributed by atoms with Gasteiger partial charge in [-0.2, -0.15) is 0 Å². The Hall–Kier alpha value is -0.740. The largest absolute Gasteiger partial charge is 0.304 e. The predicted octanol–water partition coefficient (Wildman–Crippen LogP) is 2.32. The Balaban J connectivity index is 2.62. The summed E-state index contributed by atoms with van der Waals surface area (Å²) in [4.78, 5) is 12.2. The monoisotopic (exact) mass is 355 g/mol. The molecule has 0 spiro atoms. The third-order valence-corrected chi connectivity index (χ3v) is 6.22. The molecule has 1 heterocycles. The van der Waals surface area contributed by atoms with Crippen molar-refractivity contribution < 1.29 is 13.3 Å². The van der Waals surface area contributed by atoms with Crippen LogP contribution in [0.25, 0.3) is 0 Å². The lowest BCUT2D eigenvalue weighted by Gasteiger charge is -2.17. The van der Waals surface area contributed by atoms with Crippen LogP contribution in [0.4, 0.5) is 5.69 Å². The summed E-state index contributed by atoms with van der Waals surface area (Å²) in [5.41, 5.74) is -0.384. The molecule has 7 nitrogen and oxygen atoms in total. The smallest absolute Gasteiger partial charge is 0.300 e. The van der Waals surface area contributed by atoms with Crippen LogP contribution in [0.1, 0.15) is 20.3 Å². The lowest BCUT2D eigenvalue weighted by Crippen LogP contribution is -2.29. The van der Waals surface area contributed by atoms with Gasteiger partial charge in [0.1, 0.15) is 4.21 Å². The third-order valence-electron chi connectivity index (χ3n) is 2.95. The van der Waals surface area contributed by atoms with Crippen molar-refractivity contribution in [2.24, 2.45) is 0 Å². The normalized spacial score (nSPS) is 12.0. The van der Waals surface area contributed by atoms with E-state index in [4.69, 9.17) is 11.6 Å². The Morgan fingerprint density at radius 2 is 2.05 bits per heavy atom. The van der Waals surface area contributed by atoms with Gasteiger partial charge in [-0.25, -0.2) is 13.1 Å². The van der Waals surface area contributed by atoms with Crippen molar-refractivity contribution in [2.75, 3.05) is 26.2 Å². The Morgan fingerprint density at radius 3 is 2.52 bits per heavy atom. The second kappa shape index (κ2) is 8.04. The van der Waals surface area contributed by atoms with Gasteiger partial charge in [-0.1, -0.05) is 25.4 Å². The first kappa shape index (κ1) is 18.3. The average Bonchev–Trinajstić information content (AvgIpc) is 2.82. The third kappa shape index (κ3) is 5.19. The van der Waals surface area contributed by atoms with E-state index in [1.807, 2.05) is 13.8 Å². The highest BCUT2D eigenvalue weighted by atomic mass is 35.5. The Bertz CT molecular complexity index is 584. The first-order valence-corrected chi connectivity index (χ1v) is 9.15. The minimum absolute atomic E-state index is 0.136. The fourth-order valence-electron chi connectivity index (χ4n) is 1.72. The summed E-state index contributed by atoms with van der Waals surface area (Å²) in [6.45, 7) is 6.98. The van der Waals surface area contributed by atoms with Gasteiger partial charge in [0.15, 0.2) is 4.34 Å². The Labute approximate surface area is 133 Å². The van der Waals surface area contributed by atoms with Gasteiger partial charge in [0.25, 0.3) is 5.69 Å². The fraction of sp³-hybridized carbons (Fsp3) is 0.636. The van der Waals surface area contributed by atoms with Crippen LogP contribution in [0.2, 0.25) is 4.34 Å². The molecule has 0 unspecified atom stereocenters. The number of thiophene rings is 1. The summed E-state index contributed by atoms with van der Waals surface area (Å²) in [6, 6.07) is 0.986. The van der Waals surface area contributed by atoms with E-state index in [0.717, 1.165) is 25.7 Å². The molecule has 21 heavy (non-hydrogen) atoms. The van der Waals surface area contributed by atoms with Crippen LogP contribution < -0.4 is 4.72 Å².